The van der Waals surface area contributed by atoms with E-state index in [9.17, 15) is 9.18 Å². The number of likely N-dealkylation sites (tertiary alicyclic amines) is 1. The summed E-state index contributed by atoms with van der Waals surface area (Å²) in [6, 6.07) is 0.658. The van der Waals surface area contributed by atoms with Gasteiger partial charge >= 0.3 is 0 Å². The van der Waals surface area contributed by atoms with Crippen LogP contribution in [0.4, 0.5) is 4.39 Å². The lowest BCUT2D eigenvalue weighted by molar-refractivity contribution is -0.133. The first-order valence-electron chi connectivity index (χ1n) is 5.61. The van der Waals surface area contributed by atoms with Crippen LogP contribution in [0.5, 0.6) is 0 Å². The number of nitrogens with zero attached hydrogens (tertiary/aromatic N) is 2. The molecular formula is C11H18FN3O. The summed E-state index contributed by atoms with van der Waals surface area (Å²) in [6.07, 6.45) is -0.204. The Morgan fingerprint density at radius 2 is 2.38 bits per heavy atom. The summed E-state index contributed by atoms with van der Waals surface area (Å²) in [4.78, 5) is 13.2. The summed E-state index contributed by atoms with van der Waals surface area (Å²) in [5.74, 6) is -0.258. The maximum Gasteiger partial charge on any atom is 0.240 e. The number of carbonyl (C=O) groups is 1. The minimum absolute atomic E-state index is 0.00118. The van der Waals surface area contributed by atoms with Gasteiger partial charge in [0, 0.05) is 6.42 Å². The van der Waals surface area contributed by atoms with E-state index in [2.05, 4.69) is 0 Å². The van der Waals surface area contributed by atoms with E-state index in [1.54, 1.807) is 0 Å². The van der Waals surface area contributed by atoms with Gasteiger partial charge in [-0.25, -0.2) is 4.39 Å². The van der Waals surface area contributed by atoms with Crippen LogP contribution in [-0.2, 0) is 4.79 Å². The predicted octanol–water partition coefficient (Wildman–Crippen LogP) is 0.822. The van der Waals surface area contributed by atoms with Crippen molar-refractivity contribution in [3.8, 4) is 6.07 Å². The first-order valence-corrected chi connectivity index (χ1v) is 5.61. The van der Waals surface area contributed by atoms with E-state index in [-0.39, 0.29) is 24.8 Å². The summed E-state index contributed by atoms with van der Waals surface area (Å²) in [6.45, 7) is 3.83. The summed E-state index contributed by atoms with van der Waals surface area (Å²) in [5, 5.41) is 8.83. The van der Waals surface area contributed by atoms with E-state index < -0.39 is 18.3 Å². The molecule has 1 fully saturated rings. The molecule has 4 atom stereocenters. The lowest BCUT2D eigenvalue weighted by Crippen LogP contribution is -2.48. The van der Waals surface area contributed by atoms with Gasteiger partial charge in [0.15, 0.2) is 0 Å². The van der Waals surface area contributed by atoms with Crippen LogP contribution < -0.4 is 5.73 Å². The summed E-state index contributed by atoms with van der Waals surface area (Å²) < 4.78 is 13.1. The second-order valence-corrected chi connectivity index (χ2v) is 4.38. The van der Waals surface area contributed by atoms with Crippen molar-refractivity contribution in [3.05, 3.63) is 0 Å². The standard InChI is InChI=1S/C11H18FN3O/c1-3-7(2)10(14)11(16)15-6-8(12)4-9(15)5-13/h7-10H,3-4,6,14H2,1-2H3/t7-,8-,9-,10+/m0/s1. The Morgan fingerprint density at radius 1 is 1.75 bits per heavy atom. The quantitative estimate of drug-likeness (QED) is 0.776. The molecule has 0 unspecified atom stereocenters. The monoisotopic (exact) mass is 227 g/mol. The number of carbonyl (C=O) groups excluding carboxylic acids is 1. The third kappa shape index (κ3) is 2.50. The maximum absolute atomic E-state index is 13.1. The van der Waals surface area contributed by atoms with E-state index in [0.717, 1.165) is 6.42 Å². The Labute approximate surface area is 95.2 Å². The number of nitrogens with two attached hydrogens (primary N) is 1. The summed E-state index contributed by atoms with van der Waals surface area (Å²) in [7, 11) is 0. The molecule has 16 heavy (non-hydrogen) atoms. The van der Waals surface area contributed by atoms with Crippen molar-refractivity contribution in [2.75, 3.05) is 6.54 Å². The highest BCUT2D eigenvalue weighted by atomic mass is 19.1. The zero-order chi connectivity index (χ0) is 12.3. The molecule has 1 heterocycles. The van der Waals surface area contributed by atoms with Crippen molar-refractivity contribution in [1.29, 1.82) is 5.26 Å². The van der Waals surface area contributed by atoms with Crippen LogP contribution in [0.25, 0.3) is 0 Å². The molecule has 0 bridgehead atoms. The second-order valence-electron chi connectivity index (χ2n) is 4.38. The smallest absolute Gasteiger partial charge is 0.240 e. The van der Waals surface area contributed by atoms with Gasteiger partial charge in [-0.05, 0) is 5.92 Å². The van der Waals surface area contributed by atoms with Gasteiger partial charge in [0.25, 0.3) is 0 Å². The molecule has 1 aliphatic rings. The Balaban J connectivity index is 2.70. The van der Waals surface area contributed by atoms with Gasteiger partial charge in [0.05, 0.1) is 18.7 Å². The molecule has 2 N–H and O–H groups in total. The molecule has 0 aliphatic carbocycles. The van der Waals surface area contributed by atoms with Crippen LogP contribution in [0.1, 0.15) is 26.7 Å². The average Bonchev–Trinajstić information content (AvgIpc) is 2.67. The molecular weight excluding hydrogens is 209 g/mol. The number of hydrogen-bond acceptors (Lipinski definition) is 3. The van der Waals surface area contributed by atoms with E-state index in [4.69, 9.17) is 11.0 Å². The Bertz CT molecular complexity index is 302. The average molecular weight is 227 g/mol. The van der Waals surface area contributed by atoms with Crippen molar-refractivity contribution in [2.24, 2.45) is 11.7 Å². The van der Waals surface area contributed by atoms with Gasteiger partial charge in [0.2, 0.25) is 5.91 Å². The highest BCUT2D eigenvalue weighted by molar-refractivity contribution is 5.83. The molecule has 0 aromatic heterocycles. The molecule has 0 aromatic rings. The molecule has 0 saturated carbocycles. The van der Waals surface area contributed by atoms with E-state index in [1.165, 1.54) is 4.90 Å². The Hall–Kier alpha value is -1.15. The first kappa shape index (κ1) is 12.9. The molecule has 1 aliphatic heterocycles. The fourth-order valence-electron chi connectivity index (χ4n) is 1.84. The molecule has 0 aromatic carbocycles. The molecule has 1 rings (SSSR count). The number of rotatable bonds is 3. The molecule has 5 heteroatoms. The lowest BCUT2D eigenvalue weighted by atomic mass is 9.99. The van der Waals surface area contributed by atoms with Crippen molar-refractivity contribution in [1.82, 2.24) is 4.90 Å². The highest BCUT2D eigenvalue weighted by Gasteiger charge is 2.38. The van der Waals surface area contributed by atoms with Gasteiger partial charge in [-0.3, -0.25) is 4.79 Å². The molecule has 1 saturated heterocycles. The van der Waals surface area contributed by atoms with Crippen molar-refractivity contribution in [3.63, 3.8) is 0 Å². The van der Waals surface area contributed by atoms with E-state index in [1.807, 2.05) is 19.9 Å². The fourth-order valence-corrected chi connectivity index (χ4v) is 1.84. The van der Waals surface area contributed by atoms with Crippen LogP contribution in [0.3, 0.4) is 0 Å². The fraction of sp³-hybridized carbons (Fsp3) is 0.818. The number of alkyl halides is 1. The van der Waals surface area contributed by atoms with Gasteiger partial charge in [-0.2, -0.15) is 5.26 Å². The molecule has 0 radical (unpaired) electrons. The minimum Gasteiger partial charge on any atom is -0.322 e. The maximum atomic E-state index is 13.1. The molecule has 1 amide bonds. The molecule has 0 spiro atoms. The number of hydrogen-bond donors (Lipinski definition) is 1. The minimum atomic E-state index is -1.10. The summed E-state index contributed by atoms with van der Waals surface area (Å²) in [5.41, 5.74) is 5.79. The van der Waals surface area contributed by atoms with E-state index >= 15 is 0 Å². The van der Waals surface area contributed by atoms with Crippen LogP contribution in [0, 0.1) is 17.2 Å². The normalized spacial score (nSPS) is 28.6. The van der Waals surface area contributed by atoms with Gasteiger partial charge < -0.3 is 10.6 Å². The zero-order valence-corrected chi connectivity index (χ0v) is 9.69. The zero-order valence-electron chi connectivity index (χ0n) is 9.69. The van der Waals surface area contributed by atoms with Crippen LogP contribution in [-0.4, -0.2) is 35.6 Å². The summed E-state index contributed by atoms with van der Waals surface area (Å²) >= 11 is 0. The van der Waals surface area contributed by atoms with Crippen LogP contribution in [0.15, 0.2) is 0 Å². The third-order valence-corrected chi connectivity index (χ3v) is 3.22. The SMILES string of the molecule is CC[C@H](C)[C@@H](N)C(=O)N1C[C@@H](F)C[C@H]1C#N. The largest absolute Gasteiger partial charge is 0.322 e. The van der Waals surface area contributed by atoms with Gasteiger partial charge in [-0.15, -0.1) is 0 Å². The third-order valence-electron chi connectivity index (χ3n) is 3.22. The van der Waals surface area contributed by atoms with Crippen LogP contribution >= 0.6 is 0 Å². The Kier molecular flexibility index (Phi) is 4.25. The first-order chi connectivity index (χ1) is 7.51. The van der Waals surface area contributed by atoms with Crippen molar-refractivity contribution >= 4 is 5.91 Å². The number of amides is 1. The predicted molar refractivity (Wildman–Crippen MR) is 58.1 cm³/mol. The van der Waals surface area contributed by atoms with Gasteiger partial charge in [-0.1, -0.05) is 20.3 Å². The second kappa shape index (κ2) is 5.26. The van der Waals surface area contributed by atoms with E-state index in [0.29, 0.717) is 0 Å². The molecule has 90 valence electrons. The Morgan fingerprint density at radius 3 is 2.88 bits per heavy atom. The molecule has 4 nitrogen and oxygen atoms in total. The van der Waals surface area contributed by atoms with Crippen LogP contribution in [0.2, 0.25) is 0 Å². The van der Waals surface area contributed by atoms with Crippen molar-refractivity contribution in [2.45, 2.75) is 44.9 Å². The van der Waals surface area contributed by atoms with Gasteiger partial charge in [0.1, 0.15) is 12.2 Å². The highest BCUT2D eigenvalue weighted by Crippen LogP contribution is 2.22. The number of nitriles is 1. The topological polar surface area (TPSA) is 70.1 Å². The lowest BCUT2D eigenvalue weighted by Gasteiger charge is -2.25. The number of halogens is 1. The van der Waals surface area contributed by atoms with Crippen molar-refractivity contribution < 1.29 is 9.18 Å².